The van der Waals surface area contributed by atoms with Crippen LogP contribution in [0.2, 0.25) is 0 Å². The van der Waals surface area contributed by atoms with Crippen molar-refractivity contribution in [1.82, 2.24) is 0 Å². The smallest absolute Gasteiger partial charge is 0.265 e. The Labute approximate surface area is 105 Å². The first kappa shape index (κ1) is 17.4. The molecule has 0 aromatic heterocycles. The summed E-state index contributed by atoms with van der Waals surface area (Å²) in [5.41, 5.74) is 0. The molecule has 0 heterocycles. The average Bonchev–Trinajstić information content (AvgIpc) is 1.30. The molecule has 0 spiro atoms. The summed E-state index contributed by atoms with van der Waals surface area (Å²) in [6.07, 6.45) is 0. The van der Waals surface area contributed by atoms with Crippen LogP contribution in [-0.4, -0.2) is 83.6 Å². The normalized spacial score (nSPS) is 9.11. The van der Waals surface area contributed by atoms with Crippen LogP contribution < -0.4 is 0 Å². The second-order valence-corrected chi connectivity index (χ2v) is 3.03. The zero-order valence-electron chi connectivity index (χ0n) is 5.53. The molecule has 0 fully saturated rings. The van der Waals surface area contributed by atoms with Gasteiger partial charge in [-0.15, -0.1) is 0 Å². The second kappa shape index (κ2) is 8.36. The summed E-state index contributed by atoms with van der Waals surface area (Å²) in [6, 6.07) is 0. The maximum Gasteiger partial charge on any atom is 0.265 e. The Morgan fingerprint density at radius 1 is 1.33 bits per heavy atom. The van der Waals surface area contributed by atoms with Crippen LogP contribution in [0.25, 0.3) is 0 Å². The van der Waals surface area contributed by atoms with E-state index >= 15 is 0 Å². The molecule has 46 valence electrons. The third-order valence-electron chi connectivity index (χ3n) is 0.349. The standard InChI is InChI=1S/C2H6O3S2.2Na/c3-7(4,5)2-1-6;;/h6H,1-2H2,(H,3,4,5);;. The molecule has 3 nitrogen and oxygen atoms in total. The molecule has 2 radical (unpaired) electrons. The molecule has 0 aliphatic carbocycles. The van der Waals surface area contributed by atoms with Gasteiger partial charge in [0.15, 0.2) is 0 Å². The number of thiol groups is 1. The molecule has 0 amide bonds. The fraction of sp³-hybridized carbons (Fsp3) is 1.00. The van der Waals surface area contributed by atoms with Crippen molar-refractivity contribution in [3.8, 4) is 0 Å². The van der Waals surface area contributed by atoms with E-state index in [0.717, 1.165) is 0 Å². The molecule has 7 heteroatoms. The molecule has 0 aromatic rings. The number of hydrogen-bond acceptors (Lipinski definition) is 3. The first-order chi connectivity index (χ1) is 3.06. The summed E-state index contributed by atoms with van der Waals surface area (Å²) in [5, 5.41) is 0. The SMILES string of the molecule is O=S(=O)(O)CCS.[Na].[Na]. The van der Waals surface area contributed by atoms with Gasteiger partial charge in [0.25, 0.3) is 10.1 Å². The third kappa shape index (κ3) is 17.9. The minimum absolute atomic E-state index is 0. The maximum atomic E-state index is 9.74. The molecule has 1 N–H and O–H groups in total. The minimum Gasteiger partial charge on any atom is -0.286 e. The molecule has 0 rings (SSSR count). The molecular formula is C2H6Na2O3S2. The van der Waals surface area contributed by atoms with E-state index in [1.807, 2.05) is 0 Å². The van der Waals surface area contributed by atoms with Gasteiger partial charge in [0.2, 0.25) is 0 Å². The van der Waals surface area contributed by atoms with Crippen LogP contribution in [0, 0.1) is 0 Å². The molecule has 0 atom stereocenters. The van der Waals surface area contributed by atoms with Gasteiger partial charge in [0, 0.05) is 64.9 Å². The Bertz CT molecular complexity index is 131. The van der Waals surface area contributed by atoms with Gasteiger partial charge in [-0.1, -0.05) is 0 Å². The second-order valence-electron chi connectivity index (χ2n) is 1.01. The van der Waals surface area contributed by atoms with Crippen molar-refractivity contribution in [3.05, 3.63) is 0 Å². The van der Waals surface area contributed by atoms with E-state index in [1.54, 1.807) is 0 Å². The van der Waals surface area contributed by atoms with Crippen LogP contribution in [-0.2, 0) is 10.1 Å². The average molecular weight is 188 g/mol. The third-order valence-corrected chi connectivity index (χ3v) is 1.60. The molecule has 0 aliphatic heterocycles. The summed E-state index contributed by atoms with van der Waals surface area (Å²) in [7, 11) is -3.75. The zero-order valence-corrected chi connectivity index (χ0v) is 11.2. The van der Waals surface area contributed by atoms with Crippen LogP contribution in [0.3, 0.4) is 0 Å². The number of hydrogen-bond donors (Lipinski definition) is 2. The van der Waals surface area contributed by atoms with Crippen molar-refractivity contribution in [2.24, 2.45) is 0 Å². The zero-order chi connectivity index (χ0) is 5.91. The van der Waals surface area contributed by atoms with Crippen molar-refractivity contribution >= 4 is 81.9 Å². The predicted octanol–water partition coefficient (Wildman–Crippen LogP) is -0.958. The van der Waals surface area contributed by atoms with E-state index in [9.17, 15) is 8.42 Å². The molecule has 0 saturated heterocycles. The Balaban J connectivity index is -0.000000180. The Hall–Kier alpha value is 2.26. The van der Waals surface area contributed by atoms with Crippen molar-refractivity contribution in [1.29, 1.82) is 0 Å². The van der Waals surface area contributed by atoms with Crippen molar-refractivity contribution in [2.45, 2.75) is 0 Å². The van der Waals surface area contributed by atoms with Crippen LogP contribution in [0.1, 0.15) is 0 Å². The molecule has 0 bridgehead atoms. The monoisotopic (exact) mass is 188 g/mol. The quantitative estimate of drug-likeness (QED) is 0.333. The van der Waals surface area contributed by atoms with Gasteiger partial charge < -0.3 is 0 Å². The summed E-state index contributed by atoms with van der Waals surface area (Å²) in [4.78, 5) is 0. The minimum atomic E-state index is -3.75. The fourth-order valence-corrected chi connectivity index (χ4v) is 1.04. The fourth-order valence-electron chi connectivity index (χ4n) is 0.115. The topological polar surface area (TPSA) is 54.4 Å². The van der Waals surface area contributed by atoms with Gasteiger partial charge in [-0.3, -0.25) is 4.55 Å². The van der Waals surface area contributed by atoms with Crippen LogP contribution in [0.5, 0.6) is 0 Å². The van der Waals surface area contributed by atoms with Gasteiger partial charge in [0.05, 0.1) is 5.75 Å². The Morgan fingerprint density at radius 3 is 1.67 bits per heavy atom. The van der Waals surface area contributed by atoms with E-state index in [-0.39, 0.29) is 70.6 Å². The first-order valence-electron chi connectivity index (χ1n) is 1.62. The van der Waals surface area contributed by atoms with Gasteiger partial charge >= 0.3 is 0 Å². The predicted molar refractivity (Wildman–Crippen MR) is 41.8 cm³/mol. The summed E-state index contributed by atoms with van der Waals surface area (Å²) >= 11 is 3.57. The van der Waals surface area contributed by atoms with E-state index in [0.29, 0.717) is 0 Å². The molecule has 0 saturated carbocycles. The summed E-state index contributed by atoms with van der Waals surface area (Å²) < 4.78 is 27.4. The van der Waals surface area contributed by atoms with E-state index < -0.39 is 10.1 Å². The van der Waals surface area contributed by atoms with Gasteiger partial charge in [-0.25, -0.2) is 0 Å². The van der Waals surface area contributed by atoms with E-state index in [4.69, 9.17) is 4.55 Å². The van der Waals surface area contributed by atoms with Crippen LogP contribution >= 0.6 is 12.6 Å². The van der Waals surface area contributed by atoms with E-state index in [2.05, 4.69) is 12.6 Å². The van der Waals surface area contributed by atoms with Crippen molar-refractivity contribution in [2.75, 3.05) is 11.5 Å². The van der Waals surface area contributed by atoms with Crippen LogP contribution in [0.4, 0.5) is 0 Å². The largest absolute Gasteiger partial charge is 0.286 e. The summed E-state index contributed by atoms with van der Waals surface area (Å²) in [6.45, 7) is 0. The van der Waals surface area contributed by atoms with Crippen LogP contribution in [0.15, 0.2) is 0 Å². The van der Waals surface area contributed by atoms with Gasteiger partial charge in [-0.05, 0) is 0 Å². The molecular weight excluding hydrogens is 182 g/mol. The van der Waals surface area contributed by atoms with Gasteiger partial charge in [-0.2, -0.15) is 21.0 Å². The van der Waals surface area contributed by atoms with Gasteiger partial charge in [0.1, 0.15) is 0 Å². The molecule has 0 aromatic carbocycles. The summed E-state index contributed by atoms with van der Waals surface area (Å²) in [5.74, 6) is -0.102. The van der Waals surface area contributed by atoms with E-state index in [1.165, 1.54) is 0 Å². The molecule has 0 aliphatic rings. The molecule has 0 unspecified atom stereocenters. The maximum absolute atomic E-state index is 9.74. The Morgan fingerprint density at radius 2 is 1.67 bits per heavy atom. The number of rotatable bonds is 2. The Kier molecular flexibility index (Phi) is 16.1. The first-order valence-corrected chi connectivity index (χ1v) is 3.86. The van der Waals surface area contributed by atoms with Crippen molar-refractivity contribution < 1.29 is 13.0 Å². The van der Waals surface area contributed by atoms with Crippen molar-refractivity contribution in [3.63, 3.8) is 0 Å². The molecule has 9 heavy (non-hydrogen) atoms.